The second kappa shape index (κ2) is 5.67. The highest BCUT2D eigenvalue weighted by Crippen LogP contribution is 2.33. The van der Waals surface area contributed by atoms with E-state index in [0.717, 1.165) is 11.3 Å². The van der Waals surface area contributed by atoms with E-state index < -0.39 is 0 Å². The van der Waals surface area contributed by atoms with Crippen LogP contribution < -0.4 is 5.32 Å². The van der Waals surface area contributed by atoms with Gasteiger partial charge in [0, 0.05) is 12.1 Å². The Bertz CT molecular complexity index is 456. The summed E-state index contributed by atoms with van der Waals surface area (Å²) < 4.78 is 4.98. The van der Waals surface area contributed by atoms with Crippen molar-refractivity contribution in [3.63, 3.8) is 0 Å². The van der Waals surface area contributed by atoms with E-state index >= 15 is 0 Å². The summed E-state index contributed by atoms with van der Waals surface area (Å²) in [4.78, 5) is 23.2. The molecule has 1 unspecified atom stereocenters. The van der Waals surface area contributed by atoms with Gasteiger partial charge in [-0.3, -0.25) is 9.59 Å². The second-order valence-corrected chi connectivity index (χ2v) is 4.38. The summed E-state index contributed by atoms with van der Waals surface area (Å²) in [5, 5.41) is 2.87. The molecular weight excluding hydrogens is 230 g/mol. The molecule has 0 bridgehead atoms. The number of carbonyl (C=O) groups excluding carboxylic acids is 2. The third-order valence-electron chi connectivity index (χ3n) is 3.11. The molecule has 4 heteroatoms. The van der Waals surface area contributed by atoms with E-state index in [1.54, 1.807) is 6.92 Å². The zero-order valence-corrected chi connectivity index (χ0v) is 10.4. The summed E-state index contributed by atoms with van der Waals surface area (Å²) in [6.45, 7) is 2.19. The molecule has 0 saturated heterocycles. The summed E-state index contributed by atoms with van der Waals surface area (Å²) in [5.74, 6) is -0.139. The van der Waals surface area contributed by atoms with Gasteiger partial charge in [-0.15, -0.1) is 0 Å². The third-order valence-corrected chi connectivity index (χ3v) is 3.11. The Labute approximate surface area is 106 Å². The SMILES string of the molecule is CCOC(=O)CC1CCC(=O)Nc2ccccc21. The number of anilines is 1. The number of fused-ring (bicyclic) bond motifs is 1. The normalized spacial score (nSPS) is 18.5. The molecule has 1 aromatic rings. The lowest BCUT2D eigenvalue weighted by Gasteiger charge is -2.15. The number of ether oxygens (including phenoxy) is 1. The molecule has 1 amide bonds. The number of amides is 1. The minimum Gasteiger partial charge on any atom is -0.466 e. The number of para-hydroxylation sites is 1. The molecule has 1 atom stereocenters. The maximum Gasteiger partial charge on any atom is 0.306 e. The predicted octanol–water partition coefficient (Wildman–Crippen LogP) is 2.46. The van der Waals surface area contributed by atoms with Crippen LogP contribution in [0.5, 0.6) is 0 Å². The van der Waals surface area contributed by atoms with Crippen molar-refractivity contribution >= 4 is 17.6 Å². The summed E-state index contributed by atoms with van der Waals surface area (Å²) in [6.07, 6.45) is 1.46. The number of rotatable bonds is 3. The first-order valence-electron chi connectivity index (χ1n) is 6.25. The van der Waals surface area contributed by atoms with Gasteiger partial charge in [0.25, 0.3) is 0 Å². The lowest BCUT2D eigenvalue weighted by molar-refractivity contribution is -0.143. The van der Waals surface area contributed by atoms with E-state index in [1.165, 1.54) is 0 Å². The van der Waals surface area contributed by atoms with Crippen molar-refractivity contribution < 1.29 is 14.3 Å². The first kappa shape index (κ1) is 12.6. The number of benzene rings is 1. The van der Waals surface area contributed by atoms with Crippen LogP contribution in [0.3, 0.4) is 0 Å². The van der Waals surface area contributed by atoms with E-state index in [0.29, 0.717) is 25.9 Å². The molecule has 1 N–H and O–H groups in total. The van der Waals surface area contributed by atoms with Gasteiger partial charge in [0.15, 0.2) is 0 Å². The minimum atomic E-state index is -0.202. The van der Waals surface area contributed by atoms with E-state index in [-0.39, 0.29) is 17.8 Å². The Hall–Kier alpha value is -1.84. The molecule has 1 aliphatic rings. The van der Waals surface area contributed by atoms with Gasteiger partial charge in [-0.2, -0.15) is 0 Å². The summed E-state index contributed by atoms with van der Waals surface area (Å²) in [5.41, 5.74) is 1.84. The zero-order valence-electron chi connectivity index (χ0n) is 10.4. The second-order valence-electron chi connectivity index (χ2n) is 4.38. The third kappa shape index (κ3) is 2.88. The van der Waals surface area contributed by atoms with Crippen LogP contribution >= 0.6 is 0 Å². The molecule has 18 heavy (non-hydrogen) atoms. The highest BCUT2D eigenvalue weighted by molar-refractivity contribution is 5.92. The minimum absolute atomic E-state index is 0.00816. The largest absolute Gasteiger partial charge is 0.466 e. The summed E-state index contributed by atoms with van der Waals surface area (Å²) in [7, 11) is 0. The molecule has 1 aliphatic heterocycles. The van der Waals surface area contributed by atoms with Gasteiger partial charge in [0.2, 0.25) is 5.91 Å². The predicted molar refractivity (Wildman–Crippen MR) is 68.3 cm³/mol. The molecule has 0 saturated carbocycles. The van der Waals surface area contributed by atoms with Crippen LogP contribution in [0.1, 0.15) is 37.7 Å². The van der Waals surface area contributed by atoms with Gasteiger partial charge in [0.1, 0.15) is 0 Å². The standard InChI is InChI=1S/C14H17NO3/c1-2-18-14(17)9-10-7-8-13(16)15-12-6-4-3-5-11(10)12/h3-6,10H,2,7-9H2,1H3,(H,15,16). The maximum absolute atomic E-state index is 11.6. The van der Waals surface area contributed by atoms with Gasteiger partial charge in [-0.25, -0.2) is 0 Å². The molecule has 4 nitrogen and oxygen atoms in total. The molecular formula is C14H17NO3. The van der Waals surface area contributed by atoms with Crippen molar-refractivity contribution in [1.82, 2.24) is 0 Å². The smallest absolute Gasteiger partial charge is 0.306 e. The van der Waals surface area contributed by atoms with E-state index in [2.05, 4.69) is 5.32 Å². The first-order valence-corrected chi connectivity index (χ1v) is 6.25. The molecule has 2 rings (SSSR count). The fraction of sp³-hybridized carbons (Fsp3) is 0.429. The van der Waals surface area contributed by atoms with Crippen molar-refractivity contribution in [3.05, 3.63) is 29.8 Å². The van der Waals surface area contributed by atoms with E-state index in [9.17, 15) is 9.59 Å². The van der Waals surface area contributed by atoms with Crippen LogP contribution in [-0.4, -0.2) is 18.5 Å². The Kier molecular flexibility index (Phi) is 3.97. The van der Waals surface area contributed by atoms with Crippen LogP contribution in [0.4, 0.5) is 5.69 Å². The van der Waals surface area contributed by atoms with Gasteiger partial charge in [-0.1, -0.05) is 18.2 Å². The highest BCUT2D eigenvalue weighted by atomic mass is 16.5. The average molecular weight is 247 g/mol. The Morgan fingerprint density at radius 2 is 2.22 bits per heavy atom. The van der Waals surface area contributed by atoms with Gasteiger partial charge < -0.3 is 10.1 Å². The molecule has 0 spiro atoms. The molecule has 0 aromatic heterocycles. The van der Waals surface area contributed by atoms with Crippen LogP contribution in [-0.2, 0) is 14.3 Å². The molecule has 1 aromatic carbocycles. The van der Waals surface area contributed by atoms with Gasteiger partial charge in [0.05, 0.1) is 13.0 Å². The number of hydrogen-bond donors (Lipinski definition) is 1. The Morgan fingerprint density at radius 3 is 3.00 bits per heavy atom. The highest BCUT2D eigenvalue weighted by Gasteiger charge is 2.24. The van der Waals surface area contributed by atoms with Crippen molar-refractivity contribution in [2.45, 2.75) is 32.1 Å². The molecule has 1 heterocycles. The van der Waals surface area contributed by atoms with Gasteiger partial charge >= 0.3 is 5.97 Å². The van der Waals surface area contributed by atoms with E-state index in [1.807, 2.05) is 24.3 Å². The monoisotopic (exact) mass is 247 g/mol. The Morgan fingerprint density at radius 1 is 1.44 bits per heavy atom. The Balaban J connectivity index is 2.20. The quantitative estimate of drug-likeness (QED) is 0.835. The summed E-state index contributed by atoms with van der Waals surface area (Å²) in [6, 6.07) is 7.64. The van der Waals surface area contributed by atoms with Crippen LogP contribution in [0.15, 0.2) is 24.3 Å². The van der Waals surface area contributed by atoms with Crippen LogP contribution in [0.2, 0.25) is 0 Å². The number of esters is 1. The number of carbonyl (C=O) groups is 2. The first-order chi connectivity index (χ1) is 8.70. The number of hydrogen-bond acceptors (Lipinski definition) is 3. The fourth-order valence-electron chi connectivity index (χ4n) is 2.27. The van der Waals surface area contributed by atoms with Crippen molar-refractivity contribution in [3.8, 4) is 0 Å². The van der Waals surface area contributed by atoms with Crippen LogP contribution in [0.25, 0.3) is 0 Å². The van der Waals surface area contributed by atoms with E-state index in [4.69, 9.17) is 4.74 Å². The van der Waals surface area contributed by atoms with Crippen molar-refractivity contribution in [2.24, 2.45) is 0 Å². The van der Waals surface area contributed by atoms with Crippen molar-refractivity contribution in [1.29, 1.82) is 0 Å². The topological polar surface area (TPSA) is 55.4 Å². The average Bonchev–Trinajstić information content (AvgIpc) is 2.50. The molecule has 0 radical (unpaired) electrons. The maximum atomic E-state index is 11.6. The fourth-order valence-corrected chi connectivity index (χ4v) is 2.27. The molecule has 0 fully saturated rings. The number of nitrogens with one attached hydrogen (secondary N) is 1. The summed E-state index contributed by atoms with van der Waals surface area (Å²) >= 11 is 0. The lowest BCUT2D eigenvalue weighted by atomic mass is 9.91. The molecule has 0 aliphatic carbocycles. The van der Waals surface area contributed by atoms with Gasteiger partial charge in [-0.05, 0) is 30.9 Å². The zero-order chi connectivity index (χ0) is 13.0. The van der Waals surface area contributed by atoms with Crippen molar-refractivity contribution in [2.75, 3.05) is 11.9 Å². The van der Waals surface area contributed by atoms with Crippen LogP contribution in [0, 0.1) is 0 Å². The lowest BCUT2D eigenvalue weighted by Crippen LogP contribution is -2.10. The molecule has 96 valence electrons.